The second-order valence-corrected chi connectivity index (χ2v) is 2.80. The molecule has 0 unspecified atom stereocenters. The first-order valence-electron chi connectivity index (χ1n) is 4.33. The molecule has 1 aromatic rings. The maximum Gasteiger partial charge on any atom is 0.254 e. The number of anilines is 2. The van der Waals surface area contributed by atoms with Crippen molar-refractivity contribution >= 4 is 11.8 Å². The molecule has 0 aliphatic rings. The molecular weight excluding hydrogens is 168 g/mol. The molecule has 0 fully saturated rings. The molecule has 0 radical (unpaired) electrons. The van der Waals surface area contributed by atoms with E-state index >= 15 is 0 Å². The topological polar surface area (TPSA) is 83.8 Å². The van der Waals surface area contributed by atoms with Crippen molar-refractivity contribution in [2.75, 3.05) is 17.6 Å². The molecule has 0 amide bonds. The Hall–Kier alpha value is -1.52. The molecule has 0 spiro atoms. The smallest absolute Gasteiger partial charge is 0.254 e. The van der Waals surface area contributed by atoms with Crippen LogP contribution < -0.4 is 16.6 Å². The Kier molecular flexibility index (Phi) is 3.31. The lowest BCUT2D eigenvalue weighted by molar-refractivity contribution is 0.825. The molecule has 1 rings (SSSR count). The zero-order chi connectivity index (χ0) is 9.68. The number of unbranched alkanes of at least 4 members (excludes halogenated alkanes) is 1. The number of nitrogen functional groups attached to an aromatic ring is 1. The Morgan fingerprint density at radius 1 is 1.69 bits per heavy atom. The average molecular weight is 182 g/mol. The van der Waals surface area contributed by atoms with E-state index in [0.29, 0.717) is 5.95 Å². The van der Waals surface area contributed by atoms with E-state index in [0.717, 1.165) is 19.4 Å². The first kappa shape index (κ1) is 9.57. The predicted octanol–water partition coefficient (Wildman–Crippen LogP) is 0.564. The van der Waals surface area contributed by atoms with Gasteiger partial charge in [-0.15, -0.1) is 0 Å². The Morgan fingerprint density at radius 2 is 2.46 bits per heavy atom. The summed E-state index contributed by atoms with van der Waals surface area (Å²) in [5.74, 6) is 0.682. The Balaban J connectivity index is 2.61. The summed E-state index contributed by atoms with van der Waals surface area (Å²) < 4.78 is 0. The van der Waals surface area contributed by atoms with Crippen LogP contribution in [-0.4, -0.2) is 16.5 Å². The van der Waals surface area contributed by atoms with Gasteiger partial charge >= 0.3 is 0 Å². The van der Waals surface area contributed by atoms with E-state index in [-0.39, 0.29) is 11.4 Å². The highest BCUT2D eigenvalue weighted by Gasteiger charge is 1.95. The summed E-state index contributed by atoms with van der Waals surface area (Å²) in [5, 5.41) is 2.98. The zero-order valence-corrected chi connectivity index (χ0v) is 7.63. The number of nitrogens with one attached hydrogen (secondary N) is 2. The van der Waals surface area contributed by atoms with Crippen molar-refractivity contribution < 1.29 is 0 Å². The van der Waals surface area contributed by atoms with Gasteiger partial charge in [-0.25, -0.2) is 0 Å². The number of rotatable bonds is 4. The summed E-state index contributed by atoms with van der Waals surface area (Å²) in [6.45, 7) is 2.89. The maximum atomic E-state index is 10.9. The fourth-order valence-electron chi connectivity index (χ4n) is 0.944. The number of aromatic amines is 1. The number of aromatic nitrogens is 2. The highest BCUT2D eigenvalue weighted by atomic mass is 16.1. The molecule has 4 N–H and O–H groups in total. The van der Waals surface area contributed by atoms with Crippen molar-refractivity contribution in [3.05, 3.63) is 16.4 Å². The van der Waals surface area contributed by atoms with Crippen LogP contribution in [0.3, 0.4) is 0 Å². The first-order valence-corrected chi connectivity index (χ1v) is 4.33. The fourth-order valence-corrected chi connectivity index (χ4v) is 0.944. The fraction of sp³-hybridized carbons (Fsp3) is 0.500. The number of hydrogen-bond acceptors (Lipinski definition) is 4. The predicted molar refractivity (Wildman–Crippen MR) is 52.7 cm³/mol. The summed E-state index contributed by atoms with van der Waals surface area (Å²) in [4.78, 5) is 17.4. The van der Waals surface area contributed by atoms with Crippen molar-refractivity contribution in [3.63, 3.8) is 0 Å². The van der Waals surface area contributed by atoms with Crippen LogP contribution in [0.5, 0.6) is 0 Å². The number of nitrogens with two attached hydrogens (primary N) is 1. The standard InChI is InChI=1S/C8H14N4O/c1-2-3-4-10-8-11-6(9)5-7(13)12-8/h5H,2-4H2,1H3,(H4,9,10,11,12,13). The monoisotopic (exact) mass is 182 g/mol. The second-order valence-electron chi connectivity index (χ2n) is 2.80. The highest BCUT2D eigenvalue weighted by Crippen LogP contribution is 1.98. The lowest BCUT2D eigenvalue weighted by Crippen LogP contribution is -2.14. The molecule has 5 nitrogen and oxygen atoms in total. The molecular formula is C8H14N4O. The van der Waals surface area contributed by atoms with Gasteiger partial charge in [-0.05, 0) is 6.42 Å². The summed E-state index contributed by atoms with van der Waals surface area (Å²) in [6.07, 6.45) is 2.14. The SMILES string of the molecule is CCCCNc1nc(N)cc(=O)[nH]1. The summed E-state index contributed by atoms with van der Waals surface area (Å²) in [6, 6.07) is 1.25. The summed E-state index contributed by atoms with van der Waals surface area (Å²) in [5.41, 5.74) is 5.16. The van der Waals surface area contributed by atoms with E-state index in [1.165, 1.54) is 6.07 Å². The van der Waals surface area contributed by atoms with Gasteiger partial charge in [0, 0.05) is 12.6 Å². The minimum Gasteiger partial charge on any atom is -0.383 e. The third-order valence-electron chi connectivity index (χ3n) is 1.58. The molecule has 1 heterocycles. The summed E-state index contributed by atoms with van der Waals surface area (Å²) in [7, 11) is 0. The number of hydrogen-bond donors (Lipinski definition) is 3. The van der Waals surface area contributed by atoms with E-state index in [9.17, 15) is 4.79 Å². The molecule has 0 atom stereocenters. The van der Waals surface area contributed by atoms with Gasteiger partial charge in [0.05, 0.1) is 0 Å². The van der Waals surface area contributed by atoms with Crippen LogP contribution in [0.1, 0.15) is 19.8 Å². The van der Waals surface area contributed by atoms with Gasteiger partial charge in [-0.2, -0.15) is 4.98 Å². The molecule has 72 valence electrons. The zero-order valence-electron chi connectivity index (χ0n) is 7.63. The van der Waals surface area contributed by atoms with E-state index < -0.39 is 0 Å². The third-order valence-corrected chi connectivity index (χ3v) is 1.58. The molecule has 13 heavy (non-hydrogen) atoms. The van der Waals surface area contributed by atoms with Gasteiger partial charge in [-0.1, -0.05) is 13.3 Å². The van der Waals surface area contributed by atoms with E-state index in [2.05, 4.69) is 22.2 Å². The lowest BCUT2D eigenvalue weighted by Gasteiger charge is -2.03. The van der Waals surface area contributed by atoms with Gasteiger partial charge in [0.25, 0.3) is 5.56 Å². The number of nitrogens with zero attached hydrogens (tertiary/aromatic N) is 1. The van der Waals surface area contributed by atoms with Gasteiger partial charge in [0.15, 0.2) is 0 Å². The molecule has 0 aliphatic carbocycles. The lowest BCUT2D eigenvalue weighted by atomic mass is 10.3. The molecule has 0 bridgehead atoms. The number of H-pyrrole nitrogens is 1. The van der Waals surface area contributed by atoms with E-state index in [4.69, 9.17) is 5.73 Å². The van der Waals surface area contributed by atoms with Crippen LogP contribution >= 0.6 is 0 Å². The van der Waals surface area contributed by atoms with Crippen LogP contribution in [0.25, 0.3) is 0 Å². The van der Waals surface area contributed by atoms with Gasteiger partial charge in [-0.3, -0.25) is 9.78 Å². The Labute approximate surface area is 76.4 Å². The highest BCUT2D eigenvalue weighted by molar-refractivity contribution is 5.34. The van der Waals surface area contributed by atoms with Crippen molar-refractivity contribution in [3.8, 4) is 0 Å². The van der Waals surface area contributed by atoms with Crippen molar-refractivity contribution in [1.29, 1.82) is 0 Å². The van der Waals surface area contributed by atoms with Crippen molar-refractivity contribution in [1.82, 2.24) is 9.97 Å². The summed E-state index contributed by atoms with van der Waals surface area (Å²) >= 11 is 0. The quantitative estimate of drug-likeness (QED) is 0.594. The molecule has 5 heteroatoms. The molecule has 0 saturated carbocycles. The van der Waals surface area contributed by atoms with Crippen LogP contribution in [-0.2, 0) is 0 Å². The van der Waals surface area contributed by atoms with Gasteiger partial charge in [0.2, 0.25) is 5.95 Å². The van der Waals surface area contributed by atoms with Crippen molar-refractivity contribution in [2.45, 2.75) is 19.8 Å². The maximum absolute atomic E-state index is 10.9. The van der Waals surface area contributed by atoms with E-state index in [1.54, 1.807) is 0 Å². The molecule has 0 saturated heterocycles. The minimum absolute atomic E-state index is 0.230. The van der Waals surface area contributed by atoms with Crippen LogP contribution in [0.4, 0.5) is 11.8 Å². The largest absolute Gasteiger partial charge is 0.383 e. The minimum atomic E-state index is -0.230. The average Bonchev–Trinajstić information content (AvgIpc) is 2.03. The normalized spacial score (nSPS) is 9.92. The van der Waals surface area contributed by atoms with Crippen LogP contribution in [0.15, 0.2) is 10.9 Å². The Morgan fingerprint density at radius 3 is 3.08 bits per heavy atom. The van der Waals surface area contributed by atoms with Gasteiger partial charge < -0.3 is 11.1 Å². The van der Waals surface area contributed by atoms with Crippen LogP contribution in [0, 0.1) is 0 Å². The third kappa shape index (κ3) is 3.14. The van der Waals surface area contributed by atoms with E-state index in [1.807, 2.05) is 0 Å². The van der Waals surface area contributed by atoms with Gasteiger partial charge in [0.1, 0.15) is 5.82 Å². The molecule has 1 aromatic heterocycles. The molecule has 0 aromatic carbocycles. The molecule has 0 aliphatic heterocycles. The first-order chi connectivity index (χ1) is 6.22. The second kappa shape index (κ2) is 4.49. The Bertz CT molecular complexity index is 320. The van der Waals surface area contributed by atoms with Crippen LogP contribution in [0.2, 0.25) is 0 Å². The van der Waals surface area contributed by atoms with Crippen molar-refractivity contribution in [2.24, 2.45) is 0 Å².